The number of rotatable bonds is 4. The third-order valence-corrected chi connectivity index (χ3v) is 2.62. The van der Waals surface area contributed by atoms with Crippen LogP contribution in [-0.2, 0) is 0 Å². The van der Waals surface area contributed by atoms with Gasteiger partial charge in [-0.05, 0) is 39.4 Å². The van der Waals surface area contributed by atoms with Gasteiger partial charge in [0.2, 0.25) is 0 Å². The predicted molar refractivity (Wildman–Crippen MR) is 53.3 cm³/mol. The lowest BCUT2D eigenvalue weighted by atomic mass is 10.1. The lowest BCUT2D eigenvalue weighted by Crippen LogP contribution is -2.27. The minimum atomic E-state index is 0.174. The summed E-state index contributed by atoms with van der Waals surface area (Å²) >= 11 is 0. The fourth-order valence-corrected chi connectivity index (χ4v) is 1.96. The Bertz CT molecular complexity index is 185. The van der Waals surface area contributed by atoms with Gasteiger partial charge in [0.1, 0.15) is 0 Å². The zero-order valence-electron chi connectivity index (χ0n) is 8.58. The SMILES string of the molecule is CNCC1CCN(CC(C)C#N)C1. The first-order valence-electron chi connectivity index (χ1n) is 5.02. The molecule has 3 heteroatoms. The van der Waals surface area contributed by atoms with Crippen LogP contribution >= 0.6 is 0 Å². The number of nitrogens with one attached hydrogen (secondary N) is 1. The van der Waals surface area contributed by atoms with E-state index in [0.29, 0.717) is 0 Å². The van der Waals surface area contributed by atoms with Crippen molar-refractivity contribution in [3.05, 3.63) is 0 Å². The van der Waals surface area contributed by atoms with Gasteiger partial charge in [-0.2, -0.15) is 5.26 Å². The molecule has 0 bridgehead atoms. The highest BCUT2D eigenvalue weighted by Crippen LogP contribution is 2.16. The molecule has 0 radical (unpaired) electrons. The van der Waals surface area contributed by atoms with Gasteiger partial charge in [0.15, 0.2) is 0 Å². The number of nitrogens with zero attached hydrogens (tertiary/aromatic N) is 2. The largest absolute Gasteiger partial charge is 0.319 e. The second kappa shape index (κ2) is 5.21. The molecule has 0 aliphatic carbocycles. The molecule has 0 spiro atoms. The minimum Gasteiger partial charge on any atom is -0.319 e. The molecule has 2 atom stereocenters. The molecular formula is C10H19N3. The highest BCUT2D eigenvalue weighted by Gasteiger charge is 2.22. The molecule has 3 nitrogen and oxygen atoms in total. The average Bonchev–Trinajstić information content (AvgIpc) is 2.53. The van der Waals surface area contributed by atoms with E-state index in [1.54, 1.807) is 0 Å². The quantitative estimate of drug-likeness (QED) is 0.693. The summed E-state index contributed by atoms with van der Waals surface area (Å²) in [6, 6.07) is 2.28. The summed E-state index contributed by atoms with van der Waals surface area (Å²) in [6.45, 7) is 6.37. The smallest absolute Gasteiger partial charge is 0.0666 e. The number of nitriles is 1. The van der Waals surface area contributed by atoms with Crippen molar-refractivity contribution in [1.82, 2.24) is 10.2 Å². The van der Waals surface area contributed by atoms with E-state index in [9.17, 15) is 0 Å². The Morgan fingerprint density at radius 3 is 3.08 bits per heavy atom. The lowest BCUT2D eigenvalue weighted by Gasteiger charge is -2.16. The summed E-state index contributed by atoms with van der Waals surface area (Å²) in [6.07, 6.45) is 1.28. The fourth-order valence-electron chi connectivity index (χ4n) is 1.96. The molecule has 74 valence electrons. The van der Waals surface area contributed by atoms with Crippen LogP contribution in [0.25, 0.3) is 0 Å². The molecule has 2 unspecified atom stereocenters. The maximum Gasteiger partial charge on any atom is 0.0666 e. The van der Waals surface area contributed by atoms with E-state index < -0.39 is 0 Å². The van der Waals surface area contributed by atoms with Gasteiger partial charge < -0.3 is 10.2 Å². The summed E-state index contributed by atoms with van der Waals surface area (Å²) in [5.41, 5.74) is 0. The van der Waals surface area contributed by atoms with Crippen molar-refractivity contribution in [2.45, 2.75) is 13.3 Å². The van der Waals surface area contributed by atoms with Crippen molar-refractivity contribution in [1.29, 1.82) is 5.26 Å². The van der Waals surface area contributed by atoms with Crippen LogP contribution < -0.4 is 5.32 Å². The van der Waals surface area contributed by atoms with Gasteiger partial charge >= 0.3 is 0 Å². The summed E-state index contributed by atoms with van der Waals surface area (Å²) in [5, 5.41) is 11.9. The summed E-state index contributed by atoms with van der Waals surface area (Å²) in [7, 11) is 2.00. The molecule has 1 aliphatic rings. The van der Waals surface area contributed by atoms with Crippen LogP contribution in [0.1, 0.15) is 13.3 Å². The van der Waals surface area contributed by atoms with Crippen molar-refractivity contribution in [3.63, 3.8) is 0 Å². The second-order valence-electron chi connectivity index (χ2n) is 4.00. The average molecular weight is 181 g/mol. The Morgan fingerprint density at radius 2 is 2.46 bits per heavy atom. The van der Waals surface area contributed by atoms with Crippen LogP contribution in [0, 0.1) is 23.2 Å². The van der Waals surface area contributed by atoms with Crippen LogP contribution in [0.3, 0.4) is 0 Å². The maximum absolute atomic E-state index is 8.68. The van der Waals surface area contributed by atoms with E-state index in [1.165, 1.54) is 13.0 Å². The highest BCUT2D eigenvalue weighted by atomic mass is 15.1. The molecule has 0 aromatic heterocycles. The maximum atomic E-state index is 8.68. The Morgan fingerprint density at radius 1 is 1.69 bits per heavy atom. The van der Waals surface area contributed by atoms with Gasteiger partial charge in [0.05, 0.1) is 12.0 Å². The standard InChI is InChI=1S/C10H19N3/c1-9(5-11)7-13-4-3-10(8-13)6-12-2/h9-10,12H,3-4,6-8H2,1-2H3. The molecule has 0 aromatic carbocycles. The molecule has 1 fully saturated rings. The lowest BCUT2D eigenvalue weighted by molar-refractivity contribution is 0.300. The summed E-state index contributed by atoms with van der Waals surface area (Å²) in [4.78, 5) is 2.40. The van der Waals surface area contributed by atoms with Crippen LogP contribution in [0.2, 0.25) is 0 Å². The zero-order valence-corrected chi connectivity index (χ0v) is 8.58. The minimum absolute atomic E-state index is 0.174. The first-order chi connectivity index (χ1) is 6.26. The Labute approximate surface area is 80.7 Å². The van der Waals surface area contributed by atoms with Crippen LogP contribution in [0.5, 0.6) is 0 Å². The topological polar surface area (TPSA) is 39.1 Å². The van der Waals surface area contributed by atoms with Gasteiger partial charge in [-0.3, -0.25) is 0 Å². The van der Waals surface area contributed by atoms with Crippen LogP contribution in [0.4, 0.5) is 0 Å². The first-order valence-corrected chi connectivity index (χ1v) is 5.02. The molecule has 0 amide bonds. The predicted octanol–water partition coefficient (Wildman–Crippen LogP) is 0.687. The third-order valence-electron chi connectivity index (χ3n) is 2.62. The van der Waals surface area contributed by atoms with E-state index in [4.69, 9.17) is 5.26 Å². The highest BCUT2D eigenvalue weighted by molar-refractivity contribution is 4.85. The zero-order chi connectivity index (χ0) is 9.68. The summed E-state index contributed by atoms with van der Waals surface area (Å²) in [5.74, 6) is 0.962. The molecular weight excluding hydrogens is 162 g/mol. The number of hydrogen-bond acceptors (Lipinski definition) is 3. The molecule has 0 saturated carbocycles. The number of hydrogen-bond donors (Lipinski definition) is 1. The van der Waals surface area contributed by atoms with Gasteiger partial charge in [0, 0.05) is 13.1 Å². The first kappa shape index (κ1) is 10.5. The fraction of sp³-hybridized carbons (Fsp3) is 0.900. The Hall–Kier alpha value is -0.590. The van der Waals surface area contributed by atoms with Gasteiger partial charge in [-0.25, -0.2) is 0 Å². The molecule has 1 saturated heterocycles. The molecule has 1 heterocycles. The molecule has 1 aliphatic heterocycles. The summed E-state index contributed by atoms with van der Waals surface area (Å²) < 4.78 is 0. The molecule has 0 aromatic rings. The molecule has 1 rings (SSSR count). The van der Waals surface area contributed by atoms with E-state index in [2.05, 4.69) is 16.3 Å². The van der Waals surface area contributed by atoms with Gasteiger partial charge in [-0.1, -0.05) is 0 Å². The van der Waals surface area contributed by atoms with Crippen molar-refractivity contribution >= 4 is 0 Å². The molecule has 13 heavy (non-hydrogen) atoms. The van der Waals surface area contributed by atoms with Crippen LogP contribution in [0.15, 0.2) is 0 Å². The Kier molecular flexibility index (Phi) is 4.20. The van der Waals surface area contributed by atoms with Crippen LogP contribution in [-0.4, -0.2) is 38.1 Å². The van der Waals surface area contributed by atoms with Gasteiger partial charge in [0.25, 0.3) is 0 Å². The van der Waals surface area contributed by atoms with Crippen molar-refractivity contribution in [2.24, 2.45) is 11.8 Å². The Balaban J connectivity index is 2.21. The van der Waals surface area contributed by atoms with Crippen molar-refractivity contribution < 1.29 is 0 Å². The van der Waals surface area contributed by atoms with Crippen molar-refractivity contribution in [3.8, 4) is 6.07 Å². The van der Waals surface area contributed by atoms with E-state index >= 15 is 0 Å². The van der Waals surface area contributed by atoms with E-state index in [-0.39, 0.29) is 5.92 Å². The second-order valence-corrected chi connectivity index (χ2v) is 4.00. The number of likely N-dealkylation sites (tertiary alicyclic amines) is 1. The normalized spacial score (nSPS) is 25.8. The monoisotopic (exact) mass is 181 g/mol. The van der Waals surface area contributed by atoms with E-state index in [1.807, 2.05) is 14.0 Å². The third kappa shape index (κ3) is 3.33. The van der Waals surface area contributed by atoms with E-state index in [0.717, 1.165) is 25.6 Å². The molecule has 1 N–H and O–H groups in total. The van der Waals surface area contributed by atoms with Gasteiger partial charge in [-0.15, -0.1) is 0 Å². The van der Waals surface area contributed by atoms with Crippen molar-refractivity contribution in [2.75, 3.05) is 33.2 Å².